The fraction of sp³-hybridized carbons (Fsp3) is 0.333. The lowest BCUT2D eigenvalue weighted by Gasteiger charge is -2.03. The Morgan fingerprint density at radius 1 is 1.45 bits per heavy atom. The van der Waals surface area contributed by atoms with Crippen molar-refractivity contribution in [3.05, 3.63) is 32.9 Å². The highest BCUT2D eigenvalue weighted by molar-refractivity contribution is 14.1. The van der Waals surface area contributed by atoms with Crippen LogP contribution in [-0.4, -0.2) is 5.33 Å². The lowest BCUT2D eigenvalue weighted by molar-refractivity contribution is 1.13. The molecule has 1 rings (SSSR count). The smallest absolute Gasteiger partial charge is 0.0133 e. The van der Waals surface area contributed by atoms with Gasteiger partial charge >= 0.3 is 0 Å². The molecule has 0 aliphatic heterocycles. The second-order valence-corrected chi connectivity index (χ2v) is 4.55. The van der Waals surface area contributed by atoms with Crippen molar-refractivity contribution in [2.75, 3.05) is 5.33 Å². The summed E-state index contributed by atoms with van der Waals surface area (Å²) in [6, 6.07) is 6.57. The molecular formula is C9H10BrI. The zero-order chi connectivity index (χ0) is 8.27. The molecule has 0 atom stereocenters. The van der Waals surface area contributed by atoms with Crippen LogP contribution in [0.3, 0.4) is 0 Å². The van der Waals surface area contributed by atoms with Crippen molar-refractivity contribution < 1.29 is 0 Å². The molecule has 2 heteroatoms. The number of rotatable bonds is 2. The summed E-state index contributed by atoms with van der Waals surface area (Å²) in [5.74, 6) is 0. The Bertz CT molecular complexity index is 245. The average Bonchev–Trinajstić information content (AvgIpc) is 1.98. The molecule has 0 N–H and O–H groups in total. The minimum atomic E-state index is 1.05. The third-order valence-electron chi connectivity index (χ3n) is 1.68. The van der Waals surface area contributed by atoms with Crippen LogP contribution >= 0.6 is 38.5 Å². The van der Waals surface area contributed by atoms with Gasteiger partial charge in [0, 0.05) is 8.90 Å². The molecule has 0 aliphatic carbocycles. The molecule has 0 bridgehead atoms. The Balaban J connectivity index is 2.93. The van der Waals surface area contributed by atoms with E-state index in [1.54, 1.807) is 0 Å². The Kier molecular flexibility index (Phi) is 3.85. The fourth-order valence-corrected chi connectivity index (χ4v) is 1.99. The number of hydrogen-bond donors (Lipinski definition) is 0. The first-order valence-electron chi connectivity index (χ1n) is 3.55. The van der Waals surface area contributed by atoms with Crippen LogP contribution in [0, 0.1) is 10.5 Å². The molecule has 60 valence electrons. The predicted molar refractivity (Wildman–Crippen MR) is 61.4 cm³/mol. The number of hydrogen-bond acceptors (Lipinski definition) is 0. The van der Waals surface area contributed by atoms with E-state index in [0.29, 0.717) is 0 Å². The number of benzene rings is 1. The Morgan fingerprint density at radius 3 is 2.82 bits per heavy atom. The van der Waals surface area contributed by atoms with Crippen molar-refractivity contribution in [3.63, 3.8) is 0 Å². The van der Waals surface area contributed by atoms with E-state index in [1.165, 1.54) is 14.7 Å². The Hall–Kier alpha value is 0.430. The van der Waals surface area contributed by atoms with Crippen molar-refractivity contribution in [1.29, 1.82) is 0 Å². The van der Waals surface area contributed by atoms with E-state index in [1.807, 2.05) is 0 Å². The second kappa shape index (κ2) is 4.45. The summed E-state index contributed by atoms with van der Waals surface area (Å²) in [4.78, 5) is 0. The van der Waals surface area contributed by atoms with E-state index in [2.05, 4.69) is 63.6 Å². The maximum absolute atomic E-state index is 3.44. The maximum atomic E-state index is 3.44. The molecule has 0 amide bonds. The average molecular weight is 325 g/mol. The highest BCUT2D eigenvalue weighted by atomic mass is 127. The van der Waals surface area contributed by atoms with E-state index in [0.717, 1.165) is 11.8 Å². The van der Waals surface area contributed by atoms with E-state index < -0.39 is 0 Å². The number of alkyl halides is 1. The molecule has 0 radical (unpaired) electrons. The van der Waals surface area contributed by atoms with Gasteiger partial charge in [-0.25, -0.2) is 0 Å². The fourth-order valence-electron chi connectivity index (χ4n) is 1.01. The van der Waals surface area contributed by atoms with Crippen LogP contribution in [0.2, 0.25) is 0 Å². The first kappa shape index (κ1) is 9.52. The van der Waals surface area contributed by atoms with Gasteiger partial charge in [0.2, 0.25) is 0 Å². The van der Waals surface area contributed by atoms with Crippen LogP contribution in [-0.2, 0) is 6.42 Å². The van der Waals surface area contributed by atoms with Crippen molar-refractivity contribution in [2.24, 2.45) is 0 Å². The van der Waals surface area contributed by atoms with Crippen LogP contribution in [0.15, 0.2) is 18.2 Å². The first-order valence-corrected chi connectivity index (χ1v) is 5.75. The summed E-state index contributed by atoms with van der Waals surface area (Å²) in [5, 5.41) is 1.05. The Morgan fingerprint density at radius 2 is 2.18 bits per heavy atom. The summed E-state index contributed by atoms with van der Waals surface area (Å²) in [6.07, 6.45) is 1.13. The van der Waals surface area contributed by atoms with Gasteiger partial charge in [0.05, 0.1) is 0 Å². The first-order chi connectivity index (χ1) is 5.24. The molecule has 0 heterocycles. The van der Waals surface area contributed by atoms with Gasteiger partial charge in [-0.15, -0.1) is 0 Å². The largest absolute Gasteiger partial charge is 0.0924 e. The summed E-state index contributed by atoms with van der Waals surface area (Å²) in [5.41, 5.74) is 2.85. The van der Waals surface area contributed by atoms with Gasteiger partial charge in [0.1, 0.15) is 0 Å². The molecule has 0 saturated carbocycles. The van der Waals surface area contributed by atoms with E-state index in [9.17, 15) is 0 Å². The van der Waals surface area contributed by atoms with Crippen LogP contribution in [0.4, 0.5) is 0 Å². The third-order valence-corrected chi connectivity index (χ3v) is 2.74. The van der Waals surface area contributed by atoms with Crippen molar-refractivity contribution >= 4 is 38.5 Å². The summed E-state index contributed by atoms with van der Waals surface area (Å²) in [7, 11) is 0. The molecule has 0 saturated heterocycles. The minimum absolute atomic E-state index is 1.05. The highest BCUT2D eigenvalue weighted by Gasteiger charge is 1.96. The van der Waals surface area contributed by atoms with Crippen molar-refractivity contribution in [3.8, 4) is 0 Å². The molecule has 0 aromatic heterocycles. The molecule has 0 spiro atoms. The zero-order valence-corrected chi connectivity index (χ0v) is 10.1. The van der Waals surface area contributed by atoms with Crippen LogP contribution in [0.25, 0.3) is 0 Å². The standard InChI is InChI=1S/C9H10BrI/c1-7-2-3-9(11)6-8(7)4-5-10/h2-3,6H,4-5H2,1H3. The van der Waals surface area contributed by atoms with Gasteiger partial charge < -0.3 is 0 Å². The summed E-state index contributed by atoms with van der Waals surface area (Å²) < 4.78 is 1.32. The molecule has 0 fully saturated rings. The van der Waals surface area contributed by atoms with Gasteiger partial charge in [-0.05, 0) is 59.2 Å². The normalized spacial score (nSPS) is 10.1. The maximum Gasteiger partial charge on any atom is 0.0133 e. The van der Waals surface area contributed by atoms with Gasteiger partial charge in [-0.2, -0.15) is 0 Å². The molecule has 11 heavy (non-hydrogen) atoms. The van der Waals surface area contributed by atoms with Crippen LogP contribution in [0.1, 0.15) is 11.1 Å². The lowest BCUT2D eigenvalue weighted by atomic mass is 10.1. The molecule has 1 aromatic rings. The Labute approximate surface area is 89.7 Å². The van der Waals surface area contributed by atoms with Gasteiger partial charge in [0.25, 0.3) is 0 Å². The quantitative estimate of drug-likeness (QED) is 0.576. The van der Waals surface area contributed by atoms with Gasteiger partial charge in [0.15, 0.2) is 0 Å². The minimum Gasteiger partial charge on any atom is -0.0924 e. The van der Waals surface area contributed by atoms with E-state index in [4.69, 9.17) is 0 Å². The monoisotopic (exact) mass is 324 g/mol. The predicted octanol–water partition coefficient (Wildman–Crippen LogP) is 3.54. The highest BCUT2D eigenvalue weighted by Crippen LogP contribution is 2.13. The number of aryl methyl sites for hydroxylation is 2. The summed E-state index contributed by atoms with van der Waals surface area (Å²) in [6.45, 7) is 2.16. The zero-order valence-electron chi connectivity index (χ0n) is 6.40. The van der Waals surface area contributed by atoms with Crippen LogP contribution in [0.5, 0.6) is 0 Å². The summed E-state index contributed by atoms with van der Waals surface area (Å²) >= 11 is 5.79. The molecule has 0 unspecified atom stereocenters. The topological polar surface area (TPSA) is 0 Å². The van der Waals surface area contributed by atoms with E-state index >= 15 is 0 Å². The van der Waals surface area contributed by atoms with Crippen molar-refractivity contribution in [2.45, 2.75) is 13.3 Å². The number of halogens is 2. The SMILES string of the molecule is Cc1ccc(I)cc1CCBr. The molecule has 0 nitrogen and oxygen atoms in total. The van der Waals surface area contributed by atoms with Gasteiger partial charge in [-0.1, -0.05) is 22.0 Å². The lowest BCUT2D eigenvalue weighted by Crippen LogP contribution is -1.90. The molecule has 1 aromatic carbocycles. The molecular weight excluding hydrogens is 315 g/mol. The van der Waals surface area contributed by atoms with Crippen LogP contribution < -0.4 is 0 Å². The second-order valence-electron chi connectivity index (χ2n) is 2.51. The van der Waals surface area contributed by atoms with E-state index in [-0.39, 0.29) is 0 Å². The van der Waals surface area contributed by atoms with Gasteiger partial charge in [-0.3, -0.25) is 0 Å². The third kappa shape index (κ3) is 2.75. The van der Waals surface area contributed by atoms with Crippen molar-refractivity contribution in [1.82, 2.24) is 0 Å². The molecule has 0 aliphatic rings.